The predicted molar refractivity (Wildman–Crippen MR) is 135 cm³/mol. The van der Waals surface area contributed by atoms with E-state index in [0.29, 0.717) is 48.0 Å². The van der Waals surface area contributed by atoms with Crippen LogP contribution in [0, 0.1) is 0 Å². The lowest BCUT2D eigenvalue weighted by Crippen LogP contribution is -2.40. The molecule has 0 N–H and O–H groups in total. The zero-order valence-electron chi connectivity index (χ0n) is 20.6. The van der Waals surface area contributed by atoms with Crippen LogP contribution in [0.3, 0.4) is 0 Å². The van der Waals surface area contributed by atoms with E-state index < -0.39 is 22.0 Å². The van der Waals surface area contributed by atoms with Crippen LogP contribution in [0.4, 0.5) is 0 Å². The van der Waals surface area contributed by atoms with E-state index in [0.717, 1.165) is 10.2 Å². The van der Waals surface area contributed by atoms with Crippen molar-refractivity contribution in [1.82, 2.24) is 8.87 Å². The normalized spacial score (nSPS) is 17.0. The molecule has 10 nitrogen and oxygen atoms in total. The number of amides is 1. The molecule has 1 unspecified atom stereocenters. The summed E-state index contributed by atoms with van der Waals surface area (Å²) in [7, 11) is 2.35. The summed E-state index contributed by atoms with van der Waals surface area (Å²) in [5.41, 5.74) is 0.815. The fourth-order valence-electron chi connectivity index (χ4n) is 4.21. The minimum atomic E-state index is -3.88. The van der Waals surface area contributed by atoms with Crippen LogP contribution in [0.2, 0.25) is 0 Å². The van der Waals surface area contributed by atoms with Crippen molar-refractivity contribution in [1.29, 1.82) is 0 Å². The number of nitrogens with zero attached hydrogens (tertiary/aromatic N) is 3. The minimum absolute atomic E-state index is 0.110. The molecule has 0 radical (unpaired) electrons. The first-order chi connectivity index (χ1) is 17.3. The minimum Gasteiger partial charge on any atom is -0.497 e. The molecule has 36 heavy (non-hydrogen) atoms. The third-order valence-corrected chi connectivity index (χ3v) is 9.03. The van der Waals surface area contributed by atoms with Gasteiger partial charge in [0.25, 0.3) is 5.91 Å². The van der Waals surface area contributed by atoms with Crippen LogP contribution in [0.1, 0.15) is 12.8 Å². The number of ether oxygens (including phenoxy) is 4. The number of carbonyl (C=O) groups excluding carboxylic acids is 1. The summed E-state index contributed by atoms with van der Waals surface area (Å²) in [6.07, 6.45) is 0.980. The highest BCUT2D eigenvalue weighted by Gasteiger charge is 2.39. The van der Waals surface area contributed by atoms with Gasteiger partial charge in [-0.3, -0.25) is 4.79 Å². The molecule has 0 saturated carbocycles. The van der Waals surface area contributed by atoms with Gasteiger partial charge in [0.1, 0.15) is 11.8 Å². The SMILES string of the molecule is COCCn1c(=NC(=O)C2CCCN2S(=O)(=O)c2ccc(OC)cc2)sc2cc(OC)c(OC)cc21. The first-order valence-electron chi connectivity index (χ1n) is 11.3. The van der Waals surface area contributed by atoms with Gasteiger partial charge in [0, 0.05) is 32.3 Å². The van der Waals surface area contributed by atoms with Gasteiger partial charge in [0.05, 0.1) is 43.0 Å². The number of benzene rings is 2. The lowest BCUT2D eigenvalue weighted by molar-refractivity contribution is -0.121. The number of carbonyl (C=O) groups is 1. The standard InChI is InChI=1S/C24H29N3O7S2/c1-31-13-12-26-19-14-20(33-3)21(34-4)15-22(19)35-24(26)25-23(28)18-6-5-11-27(18)36(29,30)17-9-7-16(32-2)8-10-17/h7-10,14-15,18H,5-6,11-13H2,1-4H3. The molecule has 2 aromatic carbocycles. The van der Waals surface area contributed by atoms with E-state index in [1.165, 1.54) is 34.9 Å². The van der Waals surface area contributed by atoms with Gasteiger partial charge in [-0.25, -0.2) is 8.42 Å². The quantitative estimate of drug-likeness (QED) is 0.414. The lowest BCUT2D eigenvalue weighted by atomic mass is 10.2. The van der Waals surface area contributed by atoms with E-state index in [2.05, 4.69) is 4.99 Å². The van der Waals surface area contributed by atoms with Gasteiger partial charge in [-0.2, -0.15) is 9.30 Å². The first kappa shape index (κ1) is 26.1. The number of thiazole rings is 1. The van der Waals surface area contributed by atoms with E-state index in [1.54, 1.807) is 33.5 Å². The van der Waals surface area contributed by atoms with Crippen molar-refractivity contribution in [2.75, 3.05) is 41.6 Å². The molecular formula is C24H29N3O7S2. The van der Waals surface area contributed by atoms with Gasteiger partial charge in [0.2, 0.25) is 10.0 Å². The molecule has 1 saturated heterocycles. The summed E-state index contributed by atoms with van der Waals surface area (Å²) < 4.78 is 51.9. The second-order valence-electron chi connectivity index (χ2n) is 8.10. The number of hydrogen-bond donors (Lipinski definition) is 0. The molecule has 1 fully saturated rings. The number of sulfonamides is 1. The Bertz CT molecular complexity index is 1410. The summed E-state index contributed by atoms with van der Waals surface area (Å²) in [6.45, 7) is 1.12. The molecule has 1 atom stereocenters. The molecule has 12 heteroatoms. The summed E-state index contributed by atoms with van der Waals surface area (Å²) in [6, 6.07) is 8.93. The third-order valence-electron chi connectivity index (χ3n) is 6.07. The van der Waals surface area contributed by atoms with Gasteiger partial charge >= 0.3 is 0 Å². The third kappa shape index (κ3) is 4.99. The Kier molecular flexibility index (Phi) is 7.98. The van der Waals surface area contributed by atoms with Crippen LogP contribution in [-0.2, 0) is 26.1 Å². The zero-order chi connectivity index (χ0) is 25.9. The average Bonchev–Trinajstić information content (AvgIpc) is 3.52. The highest BCUT2D eigenvalue weighted by molar-refractivity contribution is 7.89. The second-order valence-corrected chi connectivity index (χ2v) is 11.0. The monoisotopic (exact) mass is 535 g/mol. The summed E-state index contributed by atoms with van der Waals surface area (Å²) in [5, 5.41) is 0. The molecular weight excluding hydrogens is 506 g/mol. The molecule has 3 aromatic rings. The largest absolute Gasteiger partial charge is 0.497 e. The van der Waals surface area contributed by atoms with Crippen molar-refractivity contribution < 1.29 is 32.2 Å². The number of rotatable bonds is 9. The van der Waals surface area contributed by atoms with Crippen molar-refractivity contribution in [2.45, 2.75) is 30.3 Å². The van der Waals surface area contributed by atoms with Crippen molar-refractivity contribution in [3.05, 3.63) is 41.2 Å². The molecule has 2 heterocycles. The van der Waals surface area contributed by atoms with Gasteiger partial charge in [0.15, 0.2) is 16.3 Å². The van der Waals surface area contributed by atoms with E-state index >= 15 is 0 Å². The molecule has 0 bridgehead atoms. The Balaban J connectivity index is 1.73. The lowest BCUT2D eigenvalue weighted by Gasteiger charge is -2.21. The van der Waals surface area contributed by atoms with Crippen LogP contribution < -0.4 is 19.0 Å². The van der Waals surface area contributed by atoms with Crippen LogP contribution in [0.25, 0.3) is 10.2 Å². The van der Waals surface area contributed by atoms with E-state index in [4.69, 9.17) is 18.9 Å². The maximum Gasteiger partial charge on any atom is 0.266 e. The highest BCUT2D eigenvalue weighted by atomic mass is 32.2. The van der Waals surface area contributed by atoms with E-state index in [1.807, 2.05) is 16.7 Å². The van der Waals surface area contributed by atoms with Gasteiger partial charge in [-0.1, -0.05) is 11.3 Å². The number of hydrogen-bond acceptors (Lipinski definition) is 8. The van der Waals surface area contributed by atoms with Crippen LogP contribution in [-0.4, -0.2) is 70.8 Å². The maximum atomic E-state index is 13.4. The first-order valence-corrected chi connectivity index (χ1v) is 13.6. The summed E-state index contributed by atoms with van der Waals surface area (Å²) in [5.74, 6) is 1.17. The number of methoxy groups -OCH3 is 4. The molecule has 1 amide bonds. The fourth-order valence-corrected chi connectivity index (χ4v) is 6.93. The molecule has 0 aliphatic carbocycles. The van der Waals surface area contributed by atoms with E-state index in [-0.39, 0.29) is 11.4 Å². The summed E-state index contributed by atoms with van der Waals surface area (Å²) >= 11 is 1.32. The van der Waals surface area contributed by atoms with E-state index in [9.17, 15) is 13.2 Å². The van der Waals surface area contributed by atoms with Gasteiger partial charge < -0.3 is 23.5 Å². The fraction of sp³-hybridized carbons (Fsp3) is 0.417. The van der Waals surface area contributed by atoms with Crippen molar-refractivity contribution in [2.24, 2.45) is 4.99 Å². The molecule has 0 spiro atoms. The Hall–Kier alpha value is -2.93. The molecule has 1 aromatic heterocycles. The summed E-state index contributed by atoms with van der Waals surface area (Å²) in [4.78, 5) is 18.3. The second kappa shape index (κ2) is 11.0. The zero-order valence-corrected chi connectivity index (χ0v) is 22.2. The number of fused-ring (bicyclic) bond motifs is 1. The van der Waals surface area contributed by atoms with Gasteiger partial charge in [-0.05, 0) is 37.1 Å². The smallest absolute Gasteiger partial charge is 0.266 e. The molecule has 1 aliphatic rings. The topological polar surface area (TPSA) is 109 Å². The predicted octanol–water partition coefficient (Wildman–Crippen LogP) is 2.66. The van der Waals surface area contributed by atoms with Crippen molar-refractivity contribution >= 4 is 37.5 Å². The van der Waals surface area contributed by atoms with Gasteiger partial charge in [-0.15, -0.1) is 0 Å². The Morgan fingerprint density at radius 3 is 2.39 bits per heavy atom. The highest BCUT2D eigenvalue weighted by Crippen LogP contribution is 2.33. The van der Waals surface area contributed by atoms with Crippen LogP contribution in [0.15, 0.2) is 46.3 Å². The average molecular weight is 536 g/mol. The Morgan fingerprint density at radius 1 is 1.06 bits per heavy atom. The van der Waals surface area contributed by atoms with Crippen molar-refractivity contribution in [3.8, 4) is 17.2 Å². The van der Waals surface area contributed by atoms with Crippen LogP contribution in [0.5, 0.6) is 17.2 Å². The maximum absolute atomic E-state index is 13.4. The molecule has 1 aliphatic heterocycles. The Morgan fingerprint density at radius 2 is 1.75 bits per heavy atom. The Labute approximate surface area is 213 Å². The molecule has 194 valence electrons. The van der Waals surface area contributed by atoms with Crippen LogP contribution >= 0.6 is 11.3 Å². The van der Waals surface area contributed by atoms with Crippen molar-refractivity contribution in [3.63, 3.8) is 0 Å². The number of aromatic nitrogens is 1. The molecule has 4 rings (SSSR count).